The Labute approximate surface area is 218 Å². The molecule has 3 atom stereocenters. The number of nitrogens with one attached hydrogen (secondary N) is 3. The maximum atomic E-state index is 14.1. The Balaban J connectivity index is 1.71. The summed E-state index contributed by atoms with van der Waals surface area (Å²) >= 11 is 0. The monoisotopic (exact) mass is 524 g/mol. The van der Waals surface area contributed by atoms with Gasteiger partial charge in [0.2, 0.25) is 0 Å². The third-order valence-electron chi connectivity index (χ3n) is 7.88. The maximum Gasteiger partial charge on any atom is 0.404 e. The molecule has 3 amide bonds. The van der Waals surface area contributed by atoms with Gasteiger partial charge >= 0.3 is 12.1 Å². The Morgan fingerprint density at radius 1 is 1.11 bits per heavy atom. The second-order valence-corrected chi connectivity index (χ2v) is 10.6. The topological polar surface area (TPSA) is 114 Å². The molecule has 0 unspecified atom stereocenters. The molecule has 0 radical (unpaired) electrons. The van der Waals surface area contributed by atoms with E-state index < -0.39 is 29.2 Å². The SMILES string of the molecule is CNC[C@H](CC1CCCCC1)NC(=O)N1CCC[C@@H]([C@@](O)(CCCNC(=O)O)c2cc(F)cc(F)c2)C1. The zero-order valence-electron chi connectivity index (χ0n) is 21.8. The Kier molecular flexibility index (Phi) is 10.9. The van der Waals surface area contributed by atoms with Crippen molar-refractivity contribution in [3.8, 4) is 0 Å². The summed E-state index contributed by atoms with van der Waals surface area (Å²) in [6, 6.07) is 2.81. The number of carboxylic acid groups (broad SMARTS) is 1. The van der Waals surface area contributed by atoms with Crippen LogP contribution in [0.5, 0.6) is 0 Å². The molecular weight excluding hydrogens is 482 g/mol. The van der Waals surface area contributed by atoms with Crippen molar-refractivity contribution in [3.05, 3.63) is 35.4 Å². The van der Waals surface area contributed by atoms with Gasteiger partial charge in [-0.05, 0) is 62.8 Å². The maximum absolute atomic E-state index is 14.1. The molecule has 1 aromatic carbocycles. The minimum absolute atomic E-state index is 0.000677. The van der Waals surface area contributed by atoms with E-state index in [2.05, 4.69) is 16.0 Å². The second kappa shape index (κ2) is 13.9. The van der Waals surface area contributed by atoms with Gasteiger partial charge in [-0.15, -0.1) is 0 Å². The van der Waals surface area contributed by atoms with Crippen molar-refractivity contribution in [1.29, 1.82) is 0 Å². The fraction of sp³-hybridized carbons (Fsp3) is 0.704. The van der Waals surface area contributed by atoms with E-state index in [1.807, 2.05) is 7.05 Å². The van der Waals surface area contributed by atoms with Gasteiger partial charge in [0.05, 0.1) is 5.60 Å². The lowest BCUT2D eigenvalue weighted by Crippen LogP contribution is -2.54. The van der Waals surface area contributed by atoms with Crippen LogP contribution in [0.25, 0.3) is 0 Å². The van der Waals surface area contributed by atoms with Crippen LogP contribution in [0.4, 0.5) is 18.4 Å². The van der Waals surface area contributed by atoms with Crippen LogP contribution < -0.4 is 16.0 Å². The molecule has 5 N–H and O–H groups in total. The Morgan fingerprint density at radius 3 is 2.46 bits per heavy atom. The summed E-state index contributed by atoms with van der Waals surface area (Å²) in [5.41, 5.74) is -1.51. The summed E-state index contributed by atoms with van der Waals surface area (Å²) in [5, 5.41) is 29.3. The lowest BCUT2D eigenvalue weighted by Gasteiger charge is -2.43. The first-order chi connectivity index (χ1) is 17.7. The lowest BCUT2D eigenvalue weighted by molar-refractivity contribution is -0.0556. The van der Waals surface area contributed by atoms with Crippen molar-refractivity contribution >= 4 is 12.1 Å². The number of amides is 3. The van der Waals surface area contributed by atoms with E-state index in [1.165, 1.54) is 32.1 Å². The van der Waals surface area contributed by atoms with Crippen molar-refractivity contribution in [1.82, 2.24) is 20.9 Å². The zero-order chi connectivity index (χ0) is 26.8. The quantitative estimate of drug-likeness (QED) is 0.279. The number of likely N-dealkylation sites (tertiary alicyclic amines) is 1. The lowest BCUT2D eigenvalue weighted by atomic mass is 9.74. The van der Waals surface area contributed by atoms with E-state index in [4.69, 9.17) is 5.11 Å². The first kappa shape index (κ1) is 29.1. The molecular formula is C27H42F2N4O4. The molecule has 37 heavy (non-hydrogen) atoms. The van der Waals surface area contributed by atoms with Gasteiger partial charge in [0.15, 0.2) is 0 Å². The average molecular weight is 525 g/mol. The van der Waals surface area contributed by atoms with Crippen LogP contribution in [0.1, 0.15) is 69.8 Å². The molecule has 3 rings (SSSR count). The molecule has 1 aliphatic carbocycles. The standard InChI is InChI=1S/C27H42F2N4O4/c1-30-17-24(13-19-7-3-2-4-8-19)32-25(34)33-12-5-9-20(18-33)27(37,10-6-11-31-26(35)36)21-14-22(28)16-23(29)15-21/h14-16,19-20,24,30-31,37H,2-13,17-18H2,1H3,(H,32,34)(H,35,36)/t20-,24+,27+/m1/s1. The number of carbonyl (C=O) groups excluding carboxylic acids is 1. The third-order valence-corrected chi connectivity index (χ3v) is 7.88. The largest absolute Gasteiger partial charge is 0.465 e. The first-order valence-electron chi connectivity index (χ1n) is 13.6. The molecule has 2 fully saturated rings. The highest BCUT2D eigenvalue weighted by Gasteiger charge is 2.42. The molecule has 1 saturated heterocycles. The molecule has 0 bridgehead atoms. The second-order valence-electron chi connectivity index (χ2n) is 10.6. The summed E-state index contributed by atoms with van der Waals surface area (Å²) < 4.78 is 28.2. The van der Waals surface area contributed by atoms with Crippen LogP contribution in [0.15, 0.2) is 18.2 Å². The summed E-state index contributed by atoms with van der Waals surface area (Å²) in [6.45, 7) is 1.54. The van der Waals surface area contributed by atoms with Gasteiger partial charge in [-0.25, -0.2) is 18.4 Å². The average Bonchev–Trinajstić information content (AvgIpc) is 2.86. The number of aliphatic hydroxyl groups is 1. The number of nitrogens with zero attached hydrogens (tertiary/aromatic N) is 1. The van der Waals surface area contributed by atoms with E-state index in [9.17, 15) is 23.5 Å². The number of hydrogen-bond acceptors (Lipinski definition) is 4. The smallest absolute Gasteiger partial charge is 0.404 e. The molecule has 1 aliphatic heterocycles. The number of piperidine rings is 1. The number of halogens is 2. The highest BCUT2D eigenvalue weighted by Crippen LogP contribution is 2.40. The fourth-order valence-corrected chi connectivity index (χ4v) is 6.02. The van der Waals surface area contributed by atoms with Gasteiger partial charge in [0.1, 0.15) is 11.6 Å². The molecule has 1 heterocycles. The van der Waals surface area contributed by atoms with Crippen molar-refractivity contribution in [3.63, 3.8) is 0 Å². The highest BCUT2D eigenvalue weighted by atomic mass is 19.1. The first-order valence-corrected chi connectivity index (χ1v) is 13.6. The van der Waals surface area contributed by atoms with E-state index in [0.29, 0.717) is 31.8 Å². The predicted octanol–water partition coefficient (Wildman–Crippen LogP) is 4.18. The van der Waals surface area contributed by atoms with Crippen LogP contribution in [-0.2, 0) is 5.60 Å². The van der Waals surface area contributed by atoms with Gasteiger partial charge in [0.25, 0.3) is 0 Å². The van der Waals surface area contributed by atoms with E-state index in [-0.39, 0.29) is 43.6 Å². The van der Waals surface area contributed by atoms with Crippen molar-refractivity contribution in [2.24, 2.45) is 11.8 Å². The number of rotatable bonds is 11. The predicted molar refractivity (Wildman–Crippen MR) is 137 cm³/mol. The summed E-state index contributed by atoms with van der Waals surface area (Å²) in [4.78, 5) is 25.8. The fourth-order valence-electron chi connectivity index (χ4n) is 6.02. The van der Waals surface area contributed by atoms with E-state index in [0.717, 1.165) is 24.6 Å². The van der Waals surface area contributed by atoms with Gasteiger partial charge in [-0.1, -0.05) is 32.1 Å². The number of urea groups is 1. The summed E-state index contributed by atoms with van der Waals surface area (Å²) in [6.07, 6.45) is 7.47. The molecule has 2 aliphatic rings. The minimum atomic E-state index is -1.62. The van der Waals surface area contributed by atoms with Crippen LogP contribution in [-0.4, -0.2) is 66.5 Å². The van der Waals surface area contributed by atoms with Crippen molar-refractivity contribution < 1.29 is 28.6 Å². The molecule has 0 spiro atoms. The zero-order valence-corrected chi connectivity index (χ0v) is 21.8. The van der Waals surface area contributed by atoms with Crippen LogP contribution >= 0.6 is 0 Å². The number of likely N-dealkylation sites (N-methyl/N-ethyl adjacent to an activating group) is 1. The number of carbonyl (C=O) groups is 2. The third kappa shape index (κ3) is 8.53. The van der Waals surface area contributed by atoms with Crippen molar-refractivity contribution in [2.45, 2.75) is 75.9 Å². The minimum Gasteiger partial charge on any atom is -0.465 e. The summed E-state index contributed by atoms with van der Waals surface area (Å²) in [7, 11) is 1.87. The van der Waals surface area contributed by atoms with Crippen LogP contribution in [0.3, 0.4) is 0 Å². The number of benzene rings is 1. The van der Waals surface area contributed by atoms with Crippen LogP contribution in [0, 0.1) is 23.5 Å². The van der Waals surface area contributed by atoms with Gasteiger partial charge in [0, 0.05) is 44.2 Å². The molecule has 8 nitrogen and oxygen atoms in total. The van der Waals surface area contributed by atoms with Gasteiger partial charge < -0.3 is 31.1 Å². The molecule has 1 aromatic rings. The molecule has 0 aromatic heterocycles. The number of hydrogen-bond donors (Lipinski definition) is 5. The Morgan fingerprint density at radius 2 is 1.81 bits per heavy atom. The van der Waals surface area contributed by atoms with Crippen molar-refractivity contribution in [2.75, 3.05) is 33.2 Å². The van der Waals surface area contributed by atoms with Gasteiger partial charge in [-0.3, -0.25) is 0 Å². The summed E-state index contributed by atoms with van der Waals surface area (Å²) in [5.74, 6) is -1.44. The molecule has 10 heteroatoms. The normalized spacial score (nSPS) is 21.2. The van der Waals surface area contributed by atoms with Gasteiger partial charge in [-0.2, -0.15) is 0 Å². The Hall–Kier alpha value is -2.46. The van der Waals surface area contributed by atoms with Crippen LogP contribution in [0.2, 0.25) is 0 Å². The Bertz CT molecular complexity index is 879. The van der Waals surface area contributed by atoms with E-state index in [1.54, 1.807) is 4.90 Å². The molecule has 1 saturated carbocycles. The highest BCUT2D eigenvalue weighted by molar-refractivity contribution is 5.74. The van der Waals surface area contributed by atoms with E-state index >= 15 is 0 Å². The molecule has 208 valence electrons.